The van der Waals surface area contributed by atoms with E-state index in [0.29, 0.717) is 6.42 Å². The molecule has 0 aromatic rings. The van der Waals surface area contributed by atoms with E-state index < -0.39 is 21.4 Å². The summed E-state index contributed by atoms with van der Waals surface area (Å²) in [6.07, 6.45) is 3.29. The zero-order chi connectivity index (χ0) is 12.6. The van der Waals surface area contributed by atoms with E-state index in [1.807, 2.05) is 0 Å². The maximum absolute atomic E-state index is 13.0. The Morgan fingerprint density at radius 3 is 2.19 bits per heavy atom. The van der Waals surface area contributed by atoms with E-state index in [0.717, 1.165) is 32.1 Å². The predicted molar refractivity (Wildman–Crippen MR) is 59.4 cm³/mol. The van der Waals surface area contributed by atoms with E-state index in [-0.39, 0.29) is 6.42 Å². The number of rotatable bonds is 8. The second-order valence-electron chi connectivity index (χ2n) is 3.82. The van der Waals surface area contributed by atoms with Gasteiger partial charge in [0.05, 0.1) is 0 Å². The van der Waals surface area contributed by atoms with Gasteiger partial charge >= 0.3 is 15.2 Å². The first-order valence-electron chi connectivity index (χ1n) is 5.55. The van der Waals surface area contributed by atoms with Crippen LogP contribution in [0.4, 0.5) is 4.39 Å². The Labute approximate surface area is 96.0 Å². The van der Waals surface area contributed by atoms with Gasteiger partial charge < -0.3 is 0 Å². The van der Waals surface area contributed by atoms with Crippen molar-refractivity contribution < 1.29 is 22.2 Å². The van der Waals surface area contributed by atoms with E-state index >= 15 is 0 Å². The molecule has 0 aliphatic rings. The number of hydrogen-bond donors (Lipinski definition) is 1. The highest BCUT2D eigenvalue weighted by molar-refractivity contribution is 8.01. The Balaban J connectivity index is 3.66. The fourth-order valence-corrected chi connectivity index (χ4v) is 1.82. The highest BCUT2D eigenvalue weighted by Crippen LogP contribution is 2.12. The Morgan fingerprint density at radius 1 is 1.19 bits per heavy atom. The molecule has 0 saturated heterocycles. The van der Waals surface area contributed by atoms with Gasteiger partial charge in [-0.3, -0.25) is 9.35 Å². The van der Waals surface area contributed by atoms with E-state index in [4.69, 9.17) is 4.55 Å². The van der Waals surface area contributed by atoms with Crippen LogP contribution >= 0.6 is 0 Å². The van der Waals surface area contributed by atoms with Crippen molar-refractivity contribution >= 4 is 15.2 Å². The Bertz CT molecular complexity index is 300. The molecule has 0 aliphatic heterocycles. The molecule has 0 aliphatic carbocycles. The summed E-state index contributed by atoms with van der Waals surface area (Å²) in [5.41, 5.74) is 0. The first-order valence-corrected chi connectivity index (χ1v) is 6.99. The Kier molecular flexibility index (Phi) is 7.49. The van der Waals surface area contributed by atoms with Crippen LogP contribution in [0.2, 0.25) is 0 Å². The van der Waals surface area contributed by atoms with Gasteiger partial charge in [-0.15, -0.1) is 0 Å². The van der Waals surface area contributed by atoms with E-state index in [1.54, 1.807) is 0 Å². The van der Waals surface area contributed by atoms with Crippen LogP contribution in [0.5, 0.6) is 0 Å². The highest BCUT2D eigenvalue weighted by atomic mass is 32.2. The van der Waals surface area contributed by atoms with E-state index in [1.165, 1.54) is 0 Å². The third-order valence-electron chi connectivity index (χ3n) is 2.32. The van der Waals surface area contributed by atoms with Crippen LogP contribution in [-0.2, 0) is 14.9 Å². The number of carbonyl (C=O) groups excluding carboxylic acids is 1. The normalized spacial score (nSPS) is 13.7. The lowest BCUT2D eigenvalue weighted by atomic mass is 10.1. The van der Waals surface area contributed by atoms with Crippen molar-refractivity contribution in [2.75, 3.05) is 0 Å². The molecule has 0 saturated carbocycles. The number of halogens is 1. The van der Waals surface area contributed by atoms with Crippen LogP contribution in [0, 0.1) is 0 Å². The summed E-state index contributed by atoms with van der Waals surface area (Å²) in [6.45, 7) is 2.09. The minimum atomic E-state index is -4.87. The van der Waals surface area contributed by atoms with E-state index in [9.17, 15) is 17.6 Å². The molecule has 0 bridgehead atoms. The van der Waals surface area contributed by atoms with Gasteiger partial charge in [0.15, 0.2) is 6.17 Å². The lowest BCUT2D eigenvalue weighted by Crippen LogP contribution is -2.24. The average Bonchev–Trinajstić information content (AvgIpc) is 2.20. The molecular weight excluding hydrogens is 235 g/mol. The SMILES string of the molecule is CCCCCCCCC(F)C(=O)S(=O)(=O)O. The molecule has 1 unspecified atom stereocenters. The zero-order valence-corrected chi connectivity index (χ0v) is 10.3. The van der Waals surface area contributed by atoms with Gasteiger partial charge in [-0.1, -0.05) is 45.4 Å². The van der Waals surface area contributed by atoms with Gasteiger partial charge in [0.25, 0.3) is 0 Å². The number of alkyl halides is 1. The fraction of sp³-hybridized carbons (Fsp3) is 0.900. The molecule has 0 amide bonds. The van der Waals surface area contributed by atoms with Crippen LogP contribution in [0.25, 0.3) is 0 Å². The molecule has 0 rings (SSSR count). The third-order valence-corrected chi connectivity index (χ3v) is 3.09. The third kappa shape index (κ3) is 6.90. The van der Waals surface area contributed by atoms with Gasteiger partial charge in [0, 0.05) is 0 Å². The van der Waals surface area contributed by atoms with Crippen molar-refractivity contribution in [1.82, 2.24) is 0 Å². The minimum Gasteiger partial charge on any atom is -0.279 e. The Morgan fingerprint density at radius 2 is 1.69 bits per heavy atom. The largest absolute Gasteiger partial charge is 0.331 e. The molecule has 1 atom stereocenters. The van der Waals surface area contributed by atoms with Crippen LogP contribution in [0.1, 0.15) is 51.9 Å². The van der Waals surface area contributed by atoms with Gasteiger partial charge in [0.2, 0.25) is 0 Å². The molecule has 0 aromatic carbocycles. The quantitative estimate of drug-likeness (QED) is 0.533. The zero-order valence-electron chi connectivity index (χ0n) is 9.49. The maximum Gasteiger partial charge on any atom is 0.331 e. The second-order valence-corrected chi connectivity index (χ2v) is 5.17. The monoisotopic (exact) mass is 254 g/mol. The first kappa shape index (κ1) is 15.5. The van der Waals surface area contributed by atoms with Crippen LogP contribution in [0.15, 0.2) is 0 Å². The molecule has 0 radical (unpaired) electrons. The smallest absolute Gasteiger partial charge is 0.279 e. The fourth-order valence-electron chi connectivity index (χ4n) is 1.38. The number of unbranched alkanes of at least 4 members (excludes halogenated alkanes) is 5. The maximum atomic E-state index is 13.0. The molecule has 96 valence electrons. The summed E-state index contributed by atoms with van der Waals surface area (Å²) in [7, 11) is -4.87. The van der Waals surface area contributed by atoms with Gasteiger partial charge in [-0.05, 0) is 6.42 Å². The second kappa shape index (κ2) is 7.73. The average molecular weight is 254 g/mol. The van der Waals surface area contributed by atoms with Gasteiger partial charge in [-0.25, -0.2) is 4.39 Å². The van der Waals surface area contributed by atoms with Crippen molar-refractivity contribution in [3.63, 3.8) is 0 Å². The van der Waals surface area contributed by atoms with Gasteiger partial charge in [0.1, 0.15) is 0 Å². The molecule has 16 heavy (non-hydrogen) atoms. The predicted octanol–water partition coefficient (Wildman–Crippen LogP) is 2.49. The van der Waals surface area contributed by atoms with Crippen molar-refractivity contribution in [3.05, 3.63) is 0 Å². The minimum absolute atomic E-state index is 0.134. The van der Waals surface area contributed by atoms with Crippen molar-refractivity contribution in [2.45, 2.75) is 58.0 Å². The molecule has 0 spiro atoms. The molecule has 0 heterocycles. The molecular formula is C10H19FO4S. The lowest BCUT2D eigenvalue weighted by Gasteiger charge is -2.04. The topological polar surface area (TPSA) is 71.4 Å². The molecule has 6 heteroatoms. The Hall–Kier alpha value is -0.490. The summed E-state index contributed by atoms with van der Waals surface area (Å²) in [6, 6.07) is 0. The molecule has 0 aromatic heterocycles. The number of carbonyl (C=O) groups is 1. The van der Waals surface area contributed by atoms with Crippen LogP contribution in [0.3, 0.4) is 0 Å². The van der Waals surface area contributed by atoms with Gasteiger partial charge in [-0.2, -0.15) is 8.42 Å². The number of hydrogen-bond acceptors (Lipinski definition) is 3. The molecule has 0 fully saturated rings. The molecule has 1 N–H and O–H groups in total. The first-order chi connectivity index (χ1) is 7.39. The summed E-state index contributed by atoms with van der Waals surface area (Å²) >= 11 is 0. The lowest BCUT2D eigenvalue weighted by molar-refractivity contribution is -0.116. The van der Waals surface area contributed by atoms with Crippen molar-refractivity contribution in [3.8, 4) is 0 Å². The van der Waals surface area contributed by atoms with Crippen LogP contribution in [-0.4, -0.2) is 24.3 Å². The van der Waals surface area contributed by atoms with Crippen molar-refractivity contribution in [2.24, 2.45) is 0 Å². The summed E-state index contributed by atoms with van der Waals surface area (Å²) < 4.78 is 41.9. The van der Waals surface area contributed by atoms with E-state index in [2.05, 4.69) is 6.92 Å². The summed E-state index contributed by atoms with van der Waals surface area (Å²) in [5, 5.41) is -1.72. The standard InChI is InChI=1S/C10H19FO4S/c1-2-3-4-5-6-7-8-9(11)10(12)16(13,14)15/h9H,2-8H2,1H3,(H,13,14,15). The van der Waals surface area contributed by atoms with Crippen molar-refractivity contribution in [1.29, 1.82) is 0 Å². The highest BCUT2D eigenvalue weighted by Gasteiger charge is 2.28. The summed E-state index contributed by atoms with van der Waals surface area (Å²) in [5.74, 6) is 0. The van der Waals surface area contributed by atoms with Crippen LogP contribution < -0.4 is 0 Å². The summed E-state index contributed by atoms with van der Waals surface area (Å²) in [4.78, 5) is 10.7. The molecule has 4 nitrogen and oxygen atoms in total.